The van der Waals surface area contributed by atoms with E-state index < -0.39 is 0 Å². The number of nitrogens with one attached hydrogen (secondary N) is 1. The first-order valence-corrected chi connectivity index (χ1v) is 9.80. The van der Waals surface area contributed by atoms with Crippen molar-refractivity contribution in [3.05, 3.63) is 0 Å². The summed E-state index contributed by atoms with van der Waals surface area (Å²) < 4.78 is 0. The molecule has 3 fully saturated rings. The number of rotatable bonds is 2. The van der Waals surface area contributed by atoms with Crippen molar-refractivity contribution in [3.63, 3.8) is 0 Å². The van der Waals surface area contributed by atoms with Gasteiger partial charge in [0.25, 0.3) is 0 Å². The highest BCUT2D eigenvalue weighted by Crippen LogP contribution is 2.43. The van der Waals surface area contributed by atoms with Crippen LogP contribution in [-0.4, -0.2) is 12.1 Å². The zero-order valence-electron chi connectivity index (χ0n) is 14.8. The van der Waals surface area contributed by atoms with Crippen LogP contribution in [0.5, 0.6) is 0 Å². The minimum Gasteiger partial charge on any atom is -0.311 e. The second kappa shape index (κ2) is 6.60. The molecule has 3 rings (SSSR count). The van der Waals surface area contributed by atoms with Gasteiger partial charge in [0.2, 0.25) is 0 Å². The summed E-state index contributed by atoms with van der Waals surface area (Å²) in [6, 6.07) is 1.68. The van der Waals surface area contributed by atoms with E-state index in [0.29, 0.717) is 0 Å². The highest BCUT2D eigenvalue weighted by atomic mass is 15.0. The molecule has 3 aliphatic rings. The van der Waals surface area contributed by atoms with Crippen LogP contribution < -0.4 is 5.32 Å². The zero-order chi connectivity index (χ0) is 15.0. The summed E-state index contributed by atoms with van der Waals surface area (Å²) in [7, 11) is 0. The quantitative estimate of drug-likeness (QED) is 0.732. The standard InChI is InChI=1S/C20H37N/c1-13(2)17-6-5-7-20-18(17)8-9-19(21-20)16-11-14(3)10-15(4)12-16/h13-21H,5-12H2,1-4H3. The van der Waals surface area contributed by atoms with Gasteiger partial charge in [-0.15, -0.1) is 0 Å². The van der Waals surface area contributed by atoms with Crippen LogP contribution in [0.3, 0.4) is 0 Å². The van der Waals surface area contributed by atoms with Gasteiger partial charge in [-0.1, -0.05) is 34.1 Å². The molecule has 1 saturated heterocycles. The molecule has 0 spiro atoms. The fourth-order valence-corrected chi connectivity index (χ4v) is 6.19. The van der Waals surface area contributed by atoms with E-state index in [0.717, 1.165) is 47.6 Å². The average molecular weight is 292 g/mol. The first-order chi connectivity index (χ1) is 10.0. The van der Waals surface area contributed by atoms with Crippen LogP contribution in [0, 0.1) is 35.5 Å². The van der Waals surface area contributed by atoms with Crippen LogP contribution in [-0.2, 0) is 0 Å². The van der Waals surface area contributed by atoms with E-state index in [1.54, 1.807) is 0 Å². The minimum atomic E-state index is 0.836. The van der Waals surface area contributed by atoms with E-state index in [4.69, 9.17) is 0 Å². The summed E-state index contributed by atoms with van der Waals surface area (Å²) in [6.07, 6.45) is 11.8. The maximum atomic E-state index is 4.15. The van der Waals surface area contributed by atoms with Gasteiger partial charge < -0.3 is 5.32 Å². The zero-order valence-corrected chi connectivity index (χ0v) is 14.8. The Kier molecular flexibility index (Phi) is 4.98. The van der Waals surface area contributed by atoms with Gasteiger partial charge in [0.1, 0.15) is 0 Å². The van der Waals surface area contributed by atoms with Gasteiger partial charge in [0.05, 0.1) is 0 Å². The predicted molar refractivity (Wildman–Crippen MR) is 91.3 cm³/mol. The van der Waals surface area contributed by atoms with E-state index in [1.807, 2.05) is 0 Å². The fraction of sp³-hybridized carbons (Fsp3) is 1.00. The molecule has 2 saturated carbocycles. The molecule has 1 heterocycles. The summed E-state index contributed by atoms with van der Waals surface area (Å²) in [4.78, 5) is 0. The molecule has 2 aliphatic carbocycles. The third kappa shape index (κ3) is 3.49. The highest BCUT2D eigenvalue weighted by Gasteiger charge is 2.41. The molecule has 6 unspecified atom stereocenters. The van der Waals surface area contributed by atoms with Crippen molar-refractivity contribution in [2.24, 2.45) is 35.5 Å². The van der Waals surface area contributed by atoms with Crippen LogP contribution in [0.2, 0.25) is 0 Å². The Balaban J connectivity index is 1.62. The third-order valence-corrected chi connectivity index (χ3v) is 7.00. The van der Waals surface area contributed by atoms with E-state index in [1.165, 1.54) is 51.4 Å². The van der Waals surface area contributed by atoms with Gasteiger partial charge in [-0.05, 0) is 80.5 Å². The molecule has 0 aromatic rings. The Bertz CT molecular complexity index is 327. The molecule has 1 heteroatoms. The molecule has 1 N–H and O–H groups in total. The maximum Gasteiger partial charge on any atom is 0.0101 e. The van der Waals surface area contributed by atoms with Gasteiger partial charge in [0.15, 0.2) is 0 Å². The highest BCUT2D eigenvalue weighted by molar-refractivity contribution is 4.96. The van der Waals surface area contributed by atoms with Gasteiger partial charge in [-0.25, -0.2) is 0 Å². The molecule has 6 atom stereocenters. The third-order valence-electron chi connectivity index (χ3n) is 7.00. The largest absolute Gasteiger partial charge is 0.311 e. The Morgan fingerprint density at radius 3 is 2.19 bits per heavy atom. The van der Waals surface area contributed by atoms with Crippen molar-refractivity contribution in [3.8, 4) is 0 Å². The predicted octanol–water partition coefficient (Wildman–Crippen LogP) is 5.25. The lowest BCUT2D eigenvalue weighted by molar-refractivity contribution is 0.0569. The monoisotopic (exact) mass is 291 g/mol. The van der Waals surface area contributed by atoms with E-state index in [-0.39, 0.29) is 0 Å². The van der Waals surface area contributed by atoms with Crippen molar-refractivity contribution in [2.45, 2.75) is 91.1 Å². The normalized spacial score (nSPS) is 48.1. The molecule has 21 heavy (non-hydrogen) atoms. The topological polar surface area (TPSA) is 12.0 Å². The number of piperidine rings is 1. The minimum absolute atomic E-state index is 0.836. The molecular weight excluding hydrogens is 254 g/mol. The number of hydrogen-bond donors (Lipinski definition) is 1. The summed E-state index contributed by atoms with van der Waals surface area (Å²) in [6.45, 7) is 9.85. The van der Waals surface area contributed by atoms with Crippen LogP contribution >= 0.6 is 0 Å². The summed E-state index contributed by atoms with van der Waals surface area (Å²) in [5, 5.41) is 4.15. The van der Waals surface area contributed by atoms with Crippen LogP contribution in [0.1, 0.15) is 79.1 Å². The molecule has 122 valence electrons. The molecule has 0 amide bonds. The molecule has 0 aromatic heterocycles. The van der Waals surface area contributed by atoms with Crippen LogP contribution in [0.15, 0.2) is 0 Å². The second-order valence-corrected chi connectivity index (χ2v) is 9.14. The van der Waals surface area contributed by atoms with Gasteiger partial charge in [-0.2, -0.15) is 0 Å². The summed E-state index contributed by atoms with van der Waals surface area (Å²) >= 11 is 0. The Hall–Kier alpha value is -0.0400. The van der Waals surface area contributed by atoms with E-state index >= 15 is 0 Å². The second-order valence-electron chi connectivity index (χ2n) is 9.14. The molecule has 1 nitrogen and oxygen atoms in total. The first-order valence-electron chi connectivity index (χ1n) is 9.80. The number of hydrogen-bond acceptors (Lipinski definition) is 1. The van der Waals surface area contributed by atoms with Crippen molar-refractivity contribution in [2.75, 3.05) is 0 Å². The van der Waals surface area contributed by atoms with Crippen molar-refractivity contribution in [1.82, 2.24) is 5.32 Å². The van der Waals surface area contributed by atoms with Gasteiger partial charge >= 0.3 is 0 Å². The average Bonchev–Trinajstić information content (AvgIpc) is 2.44. The smallest absolute Gasteiger partial charge is 0.0101 e. The van der Waals surface area contributed by atoms with Crippen molar-refractivity contribution in [1.29, 1.82) is 0 Å². The first kappa shape index (κ1) is 15.8. The molecule has 0 aromatic carbocycles. The Morgan fingerprint density at radius 1 is 0.810 bits per heavy atom. The van der Waals surface area contributed by atoms with Crippen molar-refractivity contribution >= 4 is 0 Å². The SMILES string of the molecule is CC1CC(C)CC(C2CCC3C(CCCC3C(C)C)N2)C1. The molecular formula is C20H37N. The van der Waals surface area contributed by atoms with Gasteiger partial charge in [0, 0.05) is 12.1 Å². The van der Waals surface area contributed by atoms with E-state index in [9.17, 15) is 0 Å². The molecule has 0 bridgehead atoms. The van der Waals surface area contributed by atoms with Crippen LogP contribution in [0.4, 0.5) is 0 Å². The summed E-state index contributed by atoms with van der Waals surface area (Å²) in [5.74, 6) is 5.71. The fourth-order valence-electron chi connectivity index (χ4n) is 6.19. The Morgan fingerprint density at radius 2 is 1.52 bits per heavy atom. The van der Waals surface area contributed by atoms with Gasteiger partial charge in [-0.3, -0.25) is 0 Å². The van der Waals surface area contributed by atoms with Crippen LogP contribution in [0.25, 0.3) is 0 Å². The lowest BCUT2D eigenvalue weighted by Crippen LogP contribution is -2.55. The van der Waals surface area contributed by atoms with E-state index in [2.05, 4.69) is 33.0 Å². The molecule has 1 aliphatic heterocycles. The maximum absolute atomic E-state index is 4.15. The number of fused-ring (bicyclic) bond motifs is 1. The molecule has 0 radical (unpaired) electrons. The Labute approximate surface area is 132 Å². The lowest BCUT2D eigenvalue weighted by Gasteiger charge is -2.49. The van der Waals surface area contributed by atoms with Crippen molar-refractivity contribution < 1.29 is 0 Å². The summed E-state index contributed by atoms with van der Waals surface area (Å²) in [5.41, 5.74) is 0. The lowest BCUT2D eigenvalue weighted by atomic mass is 9.64.